The highest BCUT2D eigenvalue weighted by molar-refractivity contribution is 9.10. The van der Waals surface area contributed by atoms with Crippen molar-refractivity contribution in [1.29, 1.82) is 0 Å². The second kappa shape index (κ2) is 8.28. The molecule has 0 amide bonds. The van der Waals surface area contributed by atoms with E-state index in [1.54, 1.807) is 18.4 Å². The molecular weight excluding hydrogens is 406 g/mol. The second-order valence-electron chi connectivity index (χ2n) is 4.32. The number of hydrogen-bond acceptors (Lipinski definition) is 7. The van der Waals surface area contributed by atoms with Crippen LogP contribution in [0.1, 0.15) is 18.2 Å². The number of nitrogens with one attached hydrogen (secondary N) is 1. The van der Waals surface area contributed by atoms with E-state index < -0.39 is 0 Å². The summed E-state index contributed by atoms with van der Waals surface area (Å²) in [7, 11) is 0. The molecule has 0 aliphatic heterocycles. The smallest absolute Gasteiger partial charge is 0.311 e. The van der Waals surface area contributed by atoms with Crippen LogP contribution in [0.25, 0.3) is 0 Å². The number of aromatic nitrogens is 1. The summed E-state index contributed by atoms with van der Waals surface area (Å²) in [6.45, 7) is 2.10. The zero-order chi connectivity index (χ0) is 16.8. The van der Waals surface area contributed by atoms with E-state index in [0.717, 1.165) is 0 Å². The van der Waals surface area contributed by atoms with Crippen LogP contribution in [0, 0.1) is 0 Å². The van der Waals surface area contributed by atoms with Crippen molar-refractivity contribution < 1.29 is 14.6 Å². The van der Waals surface area contributed by atoms with E-state index >= 15 is 0 Å². The Kier molecular flexibility index (Phi) is 6.37. The van der Waals surface area contributed by atoms with Crippen molar-refractivity contribution in [1.82, 2.24) is 4.98 Å². The summed E-state index contributed by atoms with van der Waals surface area (Å²) in [5.41, 5.74) is 3.82. The highest BCUT2D eigenvalue weighted by atomic mass is 79.9. The van der Waals surface area contributed by atoms with Crippen LogP contribution < -0.4 is 5.43 Å². The Morgan fingerprint density at radius 1 is 1.61 bits per heavy atom. The molecule has 0 aliphatic rings. The monoisotopic (exact) mass is 417 g/mol. The summed E-state index contributed by atoms with van der Waals surface area (Å²) >= 11 is 10.5. The number of benzene rings is 1. The Bertz CT molecular complexity index is 736. The minimum absolute atomic E-state index is 0.0500. The molecule has 0 radical (unpaired) electrons. The molecule has 0 fully saturated rings. The molecule has 9 heteroatoms. The molecule has 2 rings (SSSR count). The van der Waals surface area contributed by atoms with Crippen molar-refractivity contribution in [3.05, 3.63) is 38.3 Å². The summed E-state index contributed by atoms with van der Waals surface area (Å²) in [5.74, 6) is -0.267. The van der Waals surface area contributed by atoms with Crippen molar-refractivity contribution >= 4 is 56.2 Å². The minimum Gasteiger partial charge on any atom is -0.507 e. The number of hydrazone groups is 1. The average molecular weight is 419 g/mol. The topological polar surface area (TPSA) is 83.8 Å². The Morgan fingerprint density at radius 3 is 3.13 bits per heavy atom. The molecule has 0 bridgehead atoms. The summed E-state index contributed by atoms with van der Waals surface area (Å²) < 4.78 is 5.46. The SMILES string of the molecule is CCOC(=O)Cc1csc(NN=Cc2cc(Cl)c(Br)cc2O)n1. The number of esters is 1. The van der Waals surface area contributed by atoms with E-state index in [-0.39, 0.29) is 18.1 Å². The van der Waals surface area contributed by atoms with Gasteiger partial charge in [-0.05, 0) is 35.0 Å². The highest BCUT2D eigenvalue weighted by Crippen LogP contribution is 2.29. The molecule has 0 saturated heterocycles. The maximum Gasteiger partial charge on any atom is 0.311 e. The number of carbonyl (C=O) groups is 1. The first kappa shape index (κ1) is 17.7. The Balaban J connectivity index is 1.97. The molecule has 0 saturated carbocycles. The summed E-state index contributed by atoms with van der Waals surface area (Å²) in [4.78, 5) is 15.6. The highest BCUT2D eigenvalue weighted by Gasteiger charge is 2.08. The molecule has 122 valence electrons. The fraction of sp³-hybridized carbons (Fsp3) is 0.214. The van der Waals surface area contributed by atoms with Gasteiger partial charge in [-0.2, -0.15) is 5.10 Å². The first-order chi connectivity index (χ1) is 11.0. The van der Waals surface area contributed by atoms with Gasteiger partial charge in [-0.15, -0.1) is 11.3 Å². The molecule has 0 spiro atoms. The first-order valence-corrected chi connectivity index (χ1v) is 8.61. The number of rotatable bonds is 6. The third kappa shape index (κ3) is 5.19. The van der Waals surface area contributed by atoms with Crippen LogP contribution in [0.4, 0.5) is 5.13 Å². The number of phenols is 1. The molecule has 1 aromatic carbocycles. The van der Waals surface area contributed by atoms with E-state index in [9.17, 15) is 9.90 Å². The van der Waals surface area contributed by atoms with E-state index in [1.165, 1.54) is 23.6 Å². The number of hydrogen-bond donors (Lipinski definition) is 2. The van der Waals surface area contributed by atoms with Gasteiger partial charge in [-0.25, -0.2) is 4.98 Å². The lowest BCUT2D eigenvalue weighted by Crippen LogP contribution is -2.07. The third-order valence-corrected chi connectivity index (χ3v) is 4.61. The predicted molar refractivity (Wildman–Crippen MR) is 94.5 cm³/mol. The molecule has 2 aromatic rings. The molecular formula is C14H13BrClN3O3S. The number of ether oxygens (including phenoxy) is 1. The fourth-order valence-electron chi connectivity index (χ4n) is 1.61. The molecule has 0 aliphatic carbocycles. The maximum atomic E-state index is 11.4. The van der Waals surface area contributed by atoms with Gasteiger partial charge in [0.25, 0.3) is 0 Å². The first-order valence-electron chi connectivity index (χ1n) is 6.56. The summed E-state index contributed by atoms with van der Waals surface area (Å²) in [6.07, 6.45) is 1.55. The lowest BCUT2D eigenvalue weighted by Gasteiger charge is -2.02. The van der Waals surface area contributed by atoms with Gasteiger partial charge in [0.05, 0.1) is 30.0 Å². The van der Waals surface area contributed by atoms with E-state index in [0.29, 0.717) is 32.5 Å². The quantitative estimate of drug-likeness (QED) is 0.423. The van der Waals surface area contributed by atoms with Gasteiger partial charge < -0.3 is 9.84 Å². The zero-order valence-corrected chi connectivity index (χ0v) is 15.2. The molecule has 0 unspecified atom stereocenters. The molecule has 2 N–H and O–H groups in total. The van der Waals surface area contributed by atoms with E-state index in [1.807, 2.05) is 0 Å². The van der Waals surface area contributed by atoms with Crippen LogP contribution in [0.3, 0.4) is 0 Å². The van der Waals surface area contributed by atoms with Crippen LogP contribution >= 0.6 is 38.9 Å². The Labute approximate surface area is 150 Å². The van der Waals surface area contributed by atoms with Gasteiger partial charge in [0, 0.05) is 15.4 Å². The number of nitrogens with zero attached hydrogens (tertiary/aromatic N) is 2. The molecule has 0 atom stereocenters. The number of thiazole rings is 1. The van der Waals surface area contributed by atoms with Gasteiger partial charge in [0.15, 0.2) is 0 Å². The van der Waals surface area contributed by atoms with Crippen LogP contribution in [0.15, 0.2) is 27.1 Å². The number of carbonyl (C=O) groups excluding carboxylic acids is 1. The molecule has 6 nitrogen and oxygen atoms in total. The summed E-state index contributed by atoms with van der Waals surface area (Å²) in [5, 5.41) is 16.5. The van der Waals surface area contributed by atoms with Crippen LogP contribution in [0.2, 0.25) is 5.02 Å². The Hall–Kier alpha value is -1.64. The standard InChI is InChI=1S/C14H13BrClN3O3S/c1-2-22-13(21)4-9-7-23-14(18-9)19-17-6-8-3-11(16)10(15)5-12(8)20/h3,5-7,20H,2,4H2,1H3,(H,18,19). The van der Waals surface area contributed by atoms with Gasteiger partial charge in [0.2, 0.25) is 5.13 Å². The van der Waals surface area contributed by atoms with Crippen molar-refractivity contribution in [2.45, 2.75) is 13.3 Å². The lowest BCUT2D eigenvalue weighted by molar-refractivity contribution is -0.142. The largest absolute Gasteiger partial charge is 0.507 e. The normalized spacial score (nSPS) is 10.9. The van der Waals surface area contributed by atoms with Gasteiger partial charge >= 0.3 is 5.97 Å². The van der Waals surface area contributed by atoms with Gasteiger partial charge in [0.1, 0.15) is 5.75 Å². The number of anilines is 1. The fourth-order valence-corrected chi connectivity index (χ4v) is 2.77. The van der Waals surface area contributed by atoms with Crippen molar-refractivity contribution in [2.24, 2.45) is 5.10 Å². The van der Waals surface area contributed by atoms with Crippen LogP contribution in [-0.4, -0.2) is 28.9 Å². The Morgan fingerprint density at radius 2 is 2.39 bits per heavy atom. The molecule has 1 aromatic heterocycles. The van der Waals surface area contributed by atoms with E-state index in [4.69, 9.17) is 16.3 Å². The van der Waals surface area contributed by atoms with Crippen LogP contribution in [0.5, 0.6) is 5.75 Å². The third-order valence-electron chi connectivity index (χ3n) is 2.62. The zero-order valence-electron chi connectivity index (χ0n) is 12.0. The average Bonchev–Trinajstić information content (AvgIpc) is 2.92. The number of aromatic hydroxyl groups is 1. The predicted octanol–water partition coefficient (Wildman–Crippen LogP) is 3.82. The molecule has 23 heavy (non-hydrogen) atoms. The van der Waals surface area contributed by atoms with E-state index in [2.05, 4.69) is 31.4 Å². The minimum atomic E-state index is -0.317. The van der Waals surface area contributed by atoms with Gasteiger partial charge in [-0.3, -0.25) is 10.2 Å². The molecule has 1 heterocycles. The van der Waals surface area contributed by atoms with Crippen molar-refractivity contribution in [3.8, 4) is 5.75 Å². The lowest BCUT2D eigenvalue weighted by atomic mass is 10.2. The number of halogens is 2. The summed E-state index contributed by atoms with van der Waals surface area (Å²) in [6, 6.07) is 3.07. The van der Waals surface area contributed by atoms with Crippen LogP contribution in [-0.2, 0) is 16.0 Å². The second-order valence-corrected chi connectivity index (χ2v) is 6.44. The maximum absolute atomic E-state index is 11.4. The van der Waals surface area contributed by atoms with Crippen molar-refractivity contribution in [2.75, 3.05) is 12.0 Å². The number of phenolic OH excluding ortho intramolecular Hbond substituents is 1. The van der Waals surface area contributed by atoms with Crippen molar-refractivity contribution in [3.63, 3.8) is 0 Å². The van der Waals surface area contributed by atoms with Gasteiger partial charge in [-0.1, -0.05) is 11.6 Å².